The predicted molar refractivity (Wildman–Crippen MR) is 94.7 cm³/mol. The average Bonchev–Trinajstić information content (AvgIpc) is 2.62. The fourth-order valence-corrected chi connectivity index (χ4v) is 2.37. The van der Waals surface area contributed by atoms with Crippen molar-refractivity contribution in [2.75, 3.05) is 6.61 Å². The highest BCUT2D eigenvalue weighted by atomic mass is 35.5. The Morgan fingerprint density at radius 2 is 1.64 bits per heavy atom. The van der Waals surface area contributed by atoms with Crippen LogP contribution in [-0.2, 0) is 9.53 Å². The van der Waals surface area contributed by atoms with E-state index >= 15 is 0 Å². The molecule has 25 heavy (non-hydrogen) atoms. The number of hydrogen-bond acceptors (Lipinski definition) is 4. The van der Waals surface area contributed by atoms with Crippen LogP contribution in [-0.4, -0.2) is 30.3 Å². The summed E-state index contributed by atoms with van der Waals surface area (Å²) in [6.07, 6.45) is -0.235. The standard InChI is InChI=1S/C19H18ClNO4/c1-2-25-17(22)12-16(18(23)13-6-4-3-5-7-13)21-19(24)14-8-10-15(20)11-9-14/h3-11,16H,2,12H2,1H3,(H,21,24). The van der Waals surface area contributed by atoms with Crippen LogP contribution in [0.5, 0.6) is 0 Å². The van der Waals surface area contributed by atoms with Gasteiger partial charge in [-0.3, -0.25) is 14.4 Å². The zero-order chi connectivity index (χ0) is 18.2. The lowest BCUT2D eigenvalue weighted by Crippen LogP contribution is -2.42. The van der Waals surface area contributed by atoms with Gasteiger partial charge in [-0.2, -0.15) is 0 Å². The number of ether oxygens (including phenoxy) is 1. The normalized spacial score (nSPS) is 11.4. The van der Waals surface area contributed by atoms with Crippen molar-refractivity contribution >= 4 is 29.3 Å². The van der Waals surface area contributed by atoms with Crippen LogP contribution in [0.15, 0.2) is 54.6 Å². The van der Waals surface area contributed by atoms with E-state index in [1.54, 1.807) is 61.5 Å². The number of benzene rings is 2. The van der Waals surface area contributed by atoms with Crippen LogP contribution in [0.3, 0.4) is 0 Å². The summed E-state index contributed by atoms with van der Waals surface area (Å²) in [5.74, 6) is -1.36. The van der Waals surface area contributed by atoms with Gasteiger partial charge in [0.15, 0.2) is 5.78 Å². The summed E-state index contributed by atoms with van der Waals surface area (Å²) in [5, 5.41) is 3.11. The van der Waals surface area contributed by atoms with Gasteiger partial charge in [-0.1, -0.05) is 41.9 Å². The van der Waals surface area contributed by atoms with Crippen LogP contribution < -0.4 is 5.32 Å². The van der Waals surface area contributed by atoms with Gasteiger partial charge in [0.05, 0.1) is 13.0 Å². The Morgan fingerprint density at radius 3 is 2.24 bits per heavy atom. The quantitative estimate of drug-likeness (QED) is 0.608. The molecule has 0 saturated carbocycles. The average molecular weight is 360 g/mol. The van der Waals surface area contributed by atoms with Crippen molar-refractivity contribution in [2.24, 2.45) is 0 Å². The van der Waals surface area contributed by atoms with E-state index in [1.807, 2.05) is 0 Å². The fourth-order valence-electron chi connectivity index (χ4n) is 2.24. The minimum Gasteiger partial charge on any atom is -0.466 e. The number of amides is 1. The van der Waals surface area contributed by atoms with Crippen LogP contribution in [0.1, 0.15) is 34.1 Å². The number of hydrogen-bond donors (Lipinski definition) is 1. The van der Waals surface area contributed by atoms with Crippen molar-refractivity contribution in [3.63, 3.8) is 0 Å². The number of halogens is 1. The van der Waals surface area contributed by atoms with Crippen molar-refractivity contribution in [2.45, 2.75) is 19.4 Å². The van der Waals surface area contributed by atoms with Gasteiger partial charge in [-0.05, 0) is 31.2 Å². The molecule has 0 aromatic heterocycles. The molecule has 0 saturated heterocycles. The third kappa shape index (κ3) is 5.43. The van der Waals surface area contributed by atoms with E-state index in [0.717, 1.165) is 0 Å². The van der Waals surface area contributed by atoms with E-state index in [1.165, 1.54) is 0 Å². The number of esters is 1. The first-order chi connectivity index (χ1) is 12.0. The Labute approximate surface area is 150 Å². The molecule has 1 amide bonds. The zero-order valence-electron chi connectivity index (χ0n) is 13.7. The summed E-state index contributed by atoms with van der Waals surface area (Å²) in [4.78, 5) is 36.9. The second kappa shape index (κ2) is 8.99. The first kappa shape index (κ1) is 18.7. The third-order valence-corrected chi connectivity index (χ3v) is 3.71. The minimum absolute atomic E-state index is 0.205. The maximum atomic E-state index is 12.7. The molecule has 2 rings (SSSR count). The van der Waals surface area contributed by atoms with Gasteiger partial charge in [-0.25, -0.2) is 0 Å². The van der Waals surface area contributed by atoms with E-state index in [2.05, 4.69) is 5.32 Å². The SMILES string of the molecule is CCOC(=O)CC(NC(=O)c1ccc(Cl)cc1)C(=O)c1ccccc1. The molecule has 0 heterocycles. The highest BCUT2D eigenvalue weighted by Gasteiger charge is 2.26. The number of carbonyl (C=O) groups excluding carboxylic acids is 3. The number of Topliss-reactive ketones (excluding diaryl/α,β-unsaturated/α-hetero) is 1. The van der Waals surface area contributed by atoms with Gasteiger partial charge in [0, 0.05) is 16.1 Å². The first-order valence-corrected chi connectivity index (χ1v) is 8.20. The van der Waals surface area contributed by atoms with E-state index in [-0.39, 0.29) is 18.8 Å². The van der Waals surface area contributed by atoms with Gasteiger partial charge >= 0.3 is 5.97 Å². The van der Waals surface area contributed by atoms with Gasteiger partial charge in [0.1, 0.15) is 6.04 Å². The summed E-state index contributed by atoms with van der Waals surface area (Å²) < 4.78 is 4.90. The van der Waals surface area contributed by atoms with Crippen LogP contribution in [0, 0.1) is 0 Å². The monoisotopic (exact) mass is 359 g/mol. The van der Waals surface area contributed by atoms with Crippen LogP contribution >= 0.6 is 11.6 Å². The second-order valence-corrected chi connectivity index (χ2v) is 5.71. The van der Waals surface area contributed by atoms with Gasteiger partial charge in [-0.15, -0.1) is 0 Å². The lowest BCUT2D eigenvalue weighted by Gasteiger charge is -2.17. The Morgan fingerprint density at radius 1 is 1.00 bits per heavy atom. The van der Waals surface area contributed by atoms with Crippen molar-refractivity contribution in [3.05, 3.63) is 70.7 Å². The Bertz CT molecular complexity index is 744. The van der Waals surface area contributed by atoms with Crippen molar-refractivity contribution in [3.8, 4) is 0 Å². The molecule has 1 N–H and O–H groups in total. The molecule has 0 aliphatic heterocycles. The maximum Gasteiger partial charge on any atom is 0.308 e. The molecule has 0 aliphatic carbocycles. The smallest absolute Gasteiger partial charge is 0.308 e. The molecule has 1 unspecified atom stereocenters. The molecular weight excluding hydrogens is 342 g/mol. The van der Waals surface area contributed by atoms with E-state index in [9.17, 15) is 14.4 Å². The number of rotatable bonds is 7. The fraction of sp³-hybridized carbons (Fsp3) is 0.211. The van der Waals surface area contributed by atoms with E-state index in [4.69, 9.17) is 16.3 Å². The molecule has 2 aromatic rings. The van der Waals surface area contributed by atoms with Gasteiger partial charge < -0.3 is 10.1 Å². The summed E-state index contributed by atoms with van der Waals surface area (Å²) in [6.45, 7) is 1.88. The lowest BCUT2D eigenvalue weighted by molar-refractivity contribution is -0.143. The Kier molecular flexibility index (Phi) is 6.71. The molecule has 0 radical (unpaired) electrons. The Hall–Kier alpha value is -2.66. The minimum atomic E-state index is -1.01. The summed E-state index contributed by atoms with van der Waals surface area (Å²) in [5.41, 5.74) is 0.757. The van der Waals surface area contributed by atoms with Crippen molar-refractivity contribution in [1.29, 1.82) is 0 Å². The summed E-state index contributed by atoms with van der Waals surface area (Å²) >= 11 is 5.81. The largest absolute Gasteiger partial charge is 0.466 e. The van der Waals surface area contributed by atoms with E-state index < -0.39 is 17.9 Å². The molecule has 0 bridgehead atoms. The van der Waals surface area contributed by atoms with Gasteiger partial charge in [0.2, 0.25) is 0 Å². The zero-order valence-corrected chi connectivity index (χ0v) is 14.5. The number of carbonyl (C=O) groups is 3. The topological polar surface area (TPSA) is 72.5 Å². The van der Waals surface area contributed by atoms with Crippen molar-refractivity contribution < 1.29 is 19.1 Å². The molecule has 5 nitrogen and oxygen atoms in total. The highest BCUT2D eigenvalue weighted by molar-refractivity contribution is 6.30. The molecule has 2 aromatic carbocycles. The molecular formula is C19H18ClNO4. The molecule has 6 heteroatoms. The molecule has 0 spiro atoms. The second-order valence-electron chi connectivity index (χ2n) is 5.27. The van der Waals surface area contributed by atoms with E-state index in [0.29, 0.717) is 16.1 Å². The Balaban J connectivity index is 2.18. The third-order valence-electron chi connectivity index (χ3n) is 3.46. The molecule has 130 valence electrons. The number of ketones is 1. The molecule has 1 atom stereocenters. The van der Waals surface area contributed by atoms with Crippen LogP contribution in [0.2, 0.25) is 5.02 Å². The van der Waals surface area contributed by atoms with Crippen LogP contribution in [0.4, 0.5) is 0 Å². The molecule has 0 fully saturated rings. The maximum absolute atomic E-state index is 12.7. The van der Waals surface area contributed by atoms with Crippen molar-refractivity contribution in [1.82, 2.24) is 5.32 Å². The number of nitrogens with one attached hydrogen (secondary N) is 1. The first-order valence-electron chi connectivity index (χ1n) is 7.82. The van der Waals surface area contributed by atoms with Crippen LogP contribution in [0.25, 0.3) is 0 Å². The van der Waals surface area contributed by atoms with Gasteiger partial charge in [0.25, 0.3) is 5.91 Å². The summed E-state index contributed by atoms with van der Waals surface area (Å²) in [7, 11) is 0. The highest BCUT2D eigenvalue weighted by Crippen LogP contribution is 2.12. The summed E-state index contributed by atoms with van der Waals surface area (Å²) in [6, 6.07) is 13.7. The molecule has 0 aliphatic rings. The predicted octanol–water partition coefficient (Wildman–Crippen LogP) is 3.27. The lowest BCUT2D eigenvalue weighted by atomic mass is 10.0.